The molecule has 0 aliphatic carbocycles. The fourth-order valence-corrected chi connectivity index (χ4v) is 4.68. The molecule has 0 unspecified atom stereocenters. The molecule has 0 fully saturated rings. The Kier molecular flexibility index (Phi) is 12.2. The summed E-state index contributed by atoms with van der Waals surface area (Å²) in [6.45, 7) is 4.56. The molecule has 0 bridgehead atoms. The topological polar surface area (TPSA) is 9.23 Å². The number of hydrogen-bond donors (Lipinski definition) is 0. The maximum absolute atomic E-state index is 15.1. The SMILES string of the molecule is CCCCCCCCCc1ccc(-c2ccc(-c3ccc(OCCCCCC)c(F)c3F)c(F)c2F)cc1. The van der Waals surface area contributed by atoms with Gasteiger partial charge in [0.1, 0.15) is 0 Å². The van der Waals surface area contributed by atoms with Crippen molar-refractivity contribution in [2.75, 3.05) is 6.61 Å². The molecule has 0 amide bonds. The van der Waals surface area contributed by atoms with Crippen LogP contribution in [-0.2, 0) is 6.42 Å². The van der Waals surface area contributed by atoms with Crippen molar-refractivity contribution in [2.24, 2.45) is 0 Å². The number of hydrogen-bond acceptors (Lipinski definition) is 1. The monoisotopic (exact) mass is 528 g/mol. The predicted octanol–water partition coefficient (Wildman–Crippen LogP) is 10.8. The van der Waals surface area contributed by atoms with Gasteiger partial charge in [-0.25, -0.2) is 13.2 Å². The van der Waals surface area contributed by atoms with Crippen molar-refractivity contribution in [3.8, 4) is 28.0 Å². The Bertz CT molecular complexity index is 1140. The third-order valence-electron chi connectivity index (χ3n) is 7.01. The molecule has 5 heteroatoms. The molecule has 0 N–H and O–H groups in total. The van der Waals surface area contributed by atoms with Crippen LogP contribution in [0.5, 0.6) is 5.75 Å². The summed E-state index contributed by atoms with van der Waals surface area (Å²) in [5.74, 6) is -4.97. The maximum atomic E-state index is 15.1. The molecular weight excluding hydrogens is 488 g/mol. The van der Waals surface area contributed by atoms with E-state index in [0.717, 1.165) is 44.1 Å². The maximum Gasteiger partial charge on any atom is 0.201 e. The van der Waals surface area contributed by atoms with Crippen molar-refractivity contribution in [2.45, 2.75) is 90.9 Å². The minimum Gasteiger partial charge on any atom is -0.490 e. The Labute approximate surface area is 225 Å². The van der Waals surface area contributed by atoms with Crippen molar-refractivity contribution < 1.29 is 22.3 Å². The van der Waals surface area contributed by atoms with Gasteiger partial charge in [0, 0.05) is 16.7 Å². The molecule has 0 spiro atoms. The molecule has 0 saturated heterocycles. The van der Waals surface area contributed by atoms with Crippen LogP contribution in [0.15, 0.2) is 48.5 Å². The smallest absolute Gasteiger partial charge is 0.201 e. The predicted molar refractivity (Wildman–Crippen MR) is 148 cm³/mol. The third kappa shape index (κ3) is 8.09. The van der Waals surface area contributed by atoms with E-state index in [1.807, 2.05) is 12.1 Å². The van der Waals surface area contributed by atoms with Gasteiger partial charge in [-0.2, -0.15) is 4.39 Å². The largest absolute Gasteiger partial charge is 0.490 e. The van der Waals surface area contributed by atoms with Crippen molar-refractivity contribution in [3.63, 3.8) is 0 Å². The second-order valence-corrected chi connectivity index (χ2v) is 10.0. The summed E-state index contributed by atoms with van der Waals surface area (Å²) < 4.78 is 64.9. The molecule has 0 atom stereocenters. The van der Waals surface area contributed by atoms with E-state index in [1.54, 1.807) is 12.1 Å². The molecular formula is C33H40F4O. The highest BCUT2D eigenvalue weighted by atomic mass is 19.2. The van der Waals surface area contributed by atoms with Gasteiger partial charge in [0.25, 0.3) is 0 Å². The first kappa shape index (κ1) is 29.7. The van der Waals surface area contributed by atoms with E-state index < -0.39 is 23.3 Å². The standard InChI is InChI=1S/C33H40F4O/c1-3-5-7-9-10-11-12-14-24-15-17-25(18-16-24)26-19-20-27(31(35)30(26)34)28-21-22-29(33(37)32(28)36)38-23-13-8-6-4-2/h15-22H,3-14,23H2,1-2H3. The first-order chi connectivity index (χ1) is 18.5. The van der Waals surface area contributed by atoms with E-state index in [0.29, 0.717) is 5.56 Å². The van der Waals surface area contributed by atoms with E-state index in [2.05, 4.69) is 13.8 Å². The van der Waals surface area contributed by atoms with E-state index >= 15 is 8.78 Å². The molecule has 38 heavy (non-hydrogen) atoms. The fraction of sp³-hybridized carbons (Fsp3) is 0.455. The van der Waals surface area contributed by atoms with Crippen molar-refractivity contribution in [1.29, 1.82) is 0 Å². The second-order valence-electron chi connectivity index (χ2n) is 10.0. The van der Waals surface area contributed by atoms with Gasteiger partial charge in [-0.15, -0.1) is 0 Å². The van der Waals surface area contributed by atoms with Crippen LogP contribution in [0.4, 0.5) is 17.6 Å². The van der Waals surface area contributed by atoms with Crippen LogP contribution in [0.3, 0.4) is 0 Å². The Morgan fingerprint density at radius 2 is 1.00 bits per heavy atom. The lowest BCUT2D eigenvalue weighted by atomic mass is 9.97. The van der Waals surface area contributed by atoms with Crippen LogP contribution in [0.2, 0.25) is 0 Å². The highest BCUT2D eigenvalue weighted by Gasteiger charge is 2.22. The van der Waals surface area contributed by atoms with Gasteiger partial charge in [-0.1, -0.05) is 108 Å². The zero-order chi connectivity index (χ0) is 27.3. The average molecular weight is 529 g/mol. The van der Waals surface area contributed by atoms with Crippen LogP contribution in [0, 0.1) is 23.3 Å². The lowest BCUT2D eigenvalue weighted by molar-refractivity contribution is 0.285. The van der Waals surface area contributed by atoms with Crippen LogP contribution in [-0.4, -0.2) is 6.61 Å². The zero-order valence-electron chi connectivity index (χ0n) is 22.7. The Hall–Kier alpha value is -2.82. The van der Waals surface area contributed by atoms with Crippen molar-refractivity contribution in [3.05, 3.63) is 77.4 Å². The first-order valence-electron chi connectivity index (χ1n) is 14.2. The molecule has 3 aromatic rings. The Morgan fingerprint density at radius 1 is 0.500 bits per heavy atom. The van der Waals surface area contributed by atoms with Gasteiger partial charge in [0.15, 0.2) is 23.2 Å². The quantitative estimate of drug-likeness (QED) is 0.133. The molecule has 3 aromatic carbocycles. The highest BCUT2D eigenvalue weighted by Crippen LogP contribution is 2.35. The minimum absolute atomic E-state index is 0.0848. The summed E-state index contributed by atoms with van der Waals surface area (Å²) in [5, 5.41) is 0. The van der Waals surface area contributed by atoms with Gasteiger partial charge in [0.05, 0.1) is 6.61 Å². The van der Waals surface area contributed by atoms with Gasteiger partial charge in [-0.3, -0.25) is 0 Å². The summed E-state index contributed by atoms with van der Waals surface area (Å²) in [7, 11) is 0. The van der Waals surface area contributed by atoms with Gasteiger partial charge < -0.3 is 4.74 Å². The molecule has 0 aliphatic heterocycles. The number of rotatable bonds is 16. The number of aryl methyl sites for hydroxylation is 1. The summed E-state index contributed by atoms with van der Waals surface area (Å²) in [6, 6.07) is 12.6. The number of ether oxygens (including phenoxy) is 1. The van der Waals surface area contributed by atoms with E-state index in [-0.39, 0.29) is 29.0 Å². The summed E-state index contributed by atoms with van der Waals surface area (Å²) in [6.07, 6.45) is 13.4. The normalized spacial score (nSPS) is 11.2. The molecule has 3 rings (SSSR count). The van der Waals surface area contributed by atoms with Gasteiger partial charge in [-0.05, 0) is 42.5 Å². The van der Waals surface area contributed by atoms with Gasteiger partial charge in [0.2, 0.25) is 5.82 Å². The lowest BCUT2D eigenvalue weighted by Crippen LogP contribution is -2.02. The number of halogens is 4. The third-order valence-corrected chi connectivity index (χ3v) is 7.01. The van der Waals surface area contributed by atoms with Crippen molar-refractivity contribution >= 4 is 0 Å². The van der Waals surface area contributed by atoms with Crippen LogP contribution in [0.25, 0.3) is 22.3 Å². The minimum atomic E-state index is -1.25. The summed E-state index contributed by atoms with van der Waals surface area (Å²) in [5.41, 5.74) is 1.11. The number of unbranched alkanes of at least 4 members (excludes halogenated alkanes) is 9. The average Bonchev–Trinajstić information content (AvgIpc) is 2.93. The molecule has 0 heterocycles. The highest BCUT2D eigenvalue weighted by molar-refractivity contribution is 5.72. The lowest BCUT2D eigenvalue weighted by Gasteiger charge is -2.13. The molecule has 0 radical (unpaired) electrons. The molecule has 1 nitrogen and oxygen atoms in total. The fourth-order valence-electron chi connectivity index (χ4n) is 4.68. The van der Waals surface area contributed by atoms with Crippen LogP contribution in [0.1, 0.15) is 90.0 Å². The Balaban J connectivity index is 1.66. The summed E-state index contributed by atoms with van der Waals surface area (Å²) >= 11 is 0. The van der Waals surface area contributed by atoms with E-state index in [1.165, 1.54) is 62.8 Å². The molecule has 0 aromatic heterocycles. The van der Waals surface area contributed by atoms with Gasteiger partial charge >= 0.3 is 0 Å². The van der Waals surface area contributed by atoms with Crippen molar-refractivity contribution in [1.82, 2.24) is 0 Å². The van der Waals surface area contributed by atoms with Crippen LogP contribution >= 0.6 is 0 Å². The van der Waals surface area contributed by atoms with Crippen LogP contribution < -0.4 is 4.74 Å². The Morgan fingerprint density at radius 3 is 1.66 bits per heavy atom. The molecule has 0 aliphatic rings. The molecule has 206 valence electrons. The first-order valence-corrected chi connectivity index (χ1v) is 14.2. The second kappa shape index (κ2) is 15.6. The molecule has 0 saturated carbocycles. The number of benzene rings is 3. The van der Waals surface area contributed by atoms with E-state index in [4.69, 9.17) is 4.74 Å². The zero-order valence-corrected chi connectivity index (χ0v) is 22.7. The van der Waals surface area contributed by atoms with E-state index in [9.17, 15) is 8.78 Å². The summed E-state index contributed by atoms with van der Waals surface area (Å²) in [4.78, 5) is 0.